The molecule has 2 rings (SSSR count). The van der Waals surface area contributed by atoms with E-state index in [2.05, 4.69) is 5.32 Å². The largest absolute Gasteiger partial charge is 0.452 e. The van der Waals surface area contributed by atoms with Crippen molar-refractivity contribution in [2.45, 2.75) is 6.54 Å². The van der Waals surface area contributed by atoms with Crippen LogP contribution in [0.25, 0.3) is 0 Å². The molecule has 0 aliphatic carbocycles. The van der Waals surface area contributed by atoms with Crippen molar-refractivity contribution in [3.8, 4) is 0 Å². The minimum absolute atomic E-state index is 0.0183. The molecule has 0 radical (unpaired) electrons. The monoisotopic (exact) mass is 357 g/mol. The van der Waals surface area contributed by atoms with E-state index in [-0.39, 0.29) is 22.7 Å². The number of hydrogen-bond acceptors (Lipinski definition) is 3. The molecule has 0 aliphatic heterocycles. The molecule has 2 aromatic carbocycles. The molecule has 0 aromatic heterocycles. The van der Waals surface area contributed by atoms with Gasteiger partial charge < -0.3 is 10.1 Å². The van der Waals surface area contributed by atoms with Gasteiger partial charge in [0.05, 0.1) is 10.6 Å². The van der Waals surface area contributed by atoms with Crippen LogP contribution in [0.1, 0.15) is 15.9 Å². The maximum Gasteiger partial charge on any atom is 0.340 e. The van der Waals surface area contributed by atoms with E-state index >= 15 is 0 Å². The van der Waals surface area contributed by atoms with Crippen molar-refractivity contribution >= 4 is 23.5 Å². The maximum absolute atomic E-state index is 13.4. The van der Waals surface area contributed by atoms with E-state index in [1.807, 2.05) is 0 Å². The number of carbonyl (C=O) groups is 2. The smallest absolute Gasteiger partial charge is 0.340 e. The number of amides is 1. The molecule has 0 spiro atoms. The summed E-state index contributed by atoms with van der Waals surface area (Å²) in [6.07, 6.45) is 0. The topological polar surface area (TPSA) is 55.4 Å². The third-order valence-electron chi connectivity index (χ3n) is 2.97. The van der Waals surface area contributed by atoms with Gasteiger partial charge in [0.25, 0.3) is 5.91 Å². The first-order valence-electron chi connectivity index (χ1n) is 6.69. The third kappa shape index (κ3) is 4.73. The summed E-state index contributed by atoms with van der Waals surface area (Å²) in [5, 5.41) is 2.29. The highest BCUT2D eigenvalue weighted by Crippen LogP contribution is 2.18. The van der Waals surface area contributed by atoms with Gasteiger partial charge in [0.2, 0.25) is 0 Å². The zero-order valence-corrected chi connectivity index (χ0v) is 12.9. The number of rotatable bonds is 5. The van der Waals surface area contributed by atoms with Gasteiger partial charge in [0.1, 0.15) is 17.5 Å². The van der Waals surface area contributed by atoms with E-state index in [0.717, 1.165) is 18.2 Å². The van der Waals surface area contributed by atoms with Crippen molar-refractivity contribution in [1.82, 2.24) is 5.32 Å². The van der Waals surface area contributed by atoms with Crippen LogP contribution in [0.4, 0.5) is 13.2 Å². The molecule has 1 amide bonds. The van der Waals surface area contributed by atoms with Crippen molar-refractivity contribution in [3.63, 3.8) is 0 Å². The zero-order valence-electron chi connectivity index (χ0n) is 12.1. The number of benzene rings is 2. The lowest BCUT2D eigenvalue weighted by atomic mass is 10.2. The molecule has 0 heterocycles. The molecule has 0 bridgehead atoms. The second-order valence-electron chi connectivity index (χ2n) is 4.71. The Hall–Kier alpha value is -2.54. The molecule has 24 heavy (non-hydrogen) atoms. The van der Waals surface area contributed by atoms with Gasteiger partial charge >= 0.3 is 5.97 Å². The van der Waals surface area contributed by atoms with Gasteiger partial charge in [-0.05, 0) is 24.3 Å². The van der Waals surface area contributed by atoms with Gasteiger partial charge in [-0.3, -0.25) is 4.79 Å². The summed E-state index contributed by atoms with van der Waals surface area (Å²) in [5.74, 6) is -3.90. The summed E-state index contributed by atoms with van der Waals surface area (Å²) in [7, 11) is 0. The predicted molar refractivity (Wildman–Crippen MR) is 79.9 cm³/mol. The van der Waals surface area contributed by atoms with Gasteiger partial charge in [-0.15, -0.1) is 0 Å². The molecule has 126 valence electrons. The Labute approximate surface area is 140 Å². The molecule has 0 aliphatic rings. The molecule has 1 N–H and O–H groups in total. The van der Waals surface area contributed by atoms with Crippen molar-refractivity contribution < 1.29 is 27.5 Å². The van der Waals surface area contributed by atoms with Crippen LogP contribution in [0.5, 0.6) is 0 Å². The fourth-order valence-corrected chi connectivity index (χ4v) is 1.97. The highest BCUT2D eigenvalue weighted by atomic mass is 35.5. The van der Waals surface area contributed by atoms with Crippen LogP contribution in [-0.4, -0.2) is 18.5 Å². The second-order valence-corrected chi connectivity index (χ2v) is 5.12. The van der Waals surface area contributed by atoms with Crippen LogP contribution in [0, 0.1) is 17.5 Å². The Morgan fingerprint density at radius 2 is 1.71 bits per heavy atom. The maximum atomic E-state index is 13.4. The Morgan fingerprint density at radius 3 is 2.42 bits per heavy atom. The van der Waals surface area contributed by atoms with Gasteiger partial charge in [0.15, 0.2) is 6.61 Å². The first kappa shape index (κ1) is 17.8. The molecule has 8 heteroatoms. The molecule has 0 fully saturated rings. The summed E-state index contributed by atoms with van der Waals surface area (Å²) < 4.78 is 43.9. The molecule has 4 nitrogen and oxygen atoms in total. The molecule has 0 atom stereocenters. The molecular weight excluding hydrogens is 347 g/mol. The number of carbonyl (C=O) groups excluding carboxylic acids is 2. The average Bonchev–Trinajstić information content (AvgIpc) is 2.54. The Balaban J connectivity index is 1.86. The van der Waals surface area contributed by atoms with E-state index < -0.39 is 35.9 Å². The van der Waals surface area contributed by atoms with Crippen LogP contribution in [-0.2, 0) is 16.1 Å². The van der Waals surface area contributed by atoms with Crippen LogP contribution < -0.4 is 5.32 Å². The van der Waals surface area contributed by atoms with E-state index in [9.17, 15) is 22.8 Å². The number of nitrogens with one attached hydrogen (secondary N) is 1. The highest BCUT2D eigenvalue weighted by molar-refractivity contribution is 6.33. The van der Waals surface area contributed by atoms with E-state index in [1.165, 1.54) is 12.1 Å². The van der Waals surface area contributed by atoms with Crippen molar-refractivity contribution in [2.24, 2.45) is 0 Å². The predicted octanol–water partition coefficient (Wildman–Crippen LogP) is 3.23. The van der Waals surface area contributed by atoms with Gasteiger partial charge in [-0.2, -0.15) is 0 Å². The fourth-order valence-electron chi connectivity index (χ4n) is 1.77. The van der Waals surface area contributed by atoms with Gasteiger partial charge in [-0.1, -0.05) is 17.7 Å². The standard InChI is InChI=1S/C16H11ClF3NO3/c17-13-4-3-10(18)5-12(13)16(23)24-8-15(22)21-7-9-1-2-11(19)6-14(9)20/h1-6H,7-8H2,(H,21,22). The number of halogens is 4. The Bertz CT molecular complexity index is 783. The fraction of sp³-hybridized carbons (Fsp3) is 0.125. The minimum Gasteiger partial charge on any atom is -0.452 e. The Morgan fingerprint density at radius 1 is 1.04 bits per heavy atom. The zero-order chi connectivity index (χ0) is 17.7. The van der Waals surface area contributed by atoms with Gasteiger partial charge in [0, 0.05) is 18.2 Å². The summed E-state index contributed by atoms with van der Waals surface area (Å²) in [4.78, 5) is 23.3. The number of hydrogen-bond donors (Lipinski definition) is 1. The molecular formula is C16H11ClF3NO3. The van der Waals surface area contributed by atoms with Crippen LogP contribution in [0.3, 0.4) is 0 Å². The second kappa shape index (κ2) is 7.83. The first-order valence-corrected chi connectivity index (χ1v) is 7.07. The normalized spacial score (nSPS) is 10.3. The SMILES string of the molecule is O=C(COC(=O)c1cc(F)ccc1Cl)NCc1ccc(F)cc1F. The summed E-state index contributed by atoms with van der Waals surface area (Å²) in [5.41, 5.74) is -0.140. The minimum atomic E-state index is -0.970. The third-order valence-corrected chi connectivity index (χ3v) is 3.30. The van der Waals surface area contributed by atoms with Crippen molar-refractivity contribution in [2.75, 3.05) is 6.61 Å². The van der Waals surface area contributed by atoms with E-state index in [0.29, 0.717) is 6.07 Å². The van der Waals surface area contributed by atoms with Crippen molar-refractivity contribution in [1.29, 1.82) is 0 Å². The molecule has 2 aromatic rings. The molecule has 0 saturated heterocycles. The highest BCUT2D eigenvalue weighted by Gasteiger charge is 2.15. The summed E-state index contributed by atoms with van der Waals surface area (Å²) in [6.45, 7) is -0.863. The lowest BCUT2D eigenvalue weighted by Gasteiger charge is -2.08. The summed E-state index contributed by atoms with van der Waals surface area (Å²) >= 11 is 5.74. The average molecular weight is 358 g/mol. The molecule has 0 unspecified atom stereocenters. The lowest BCUT2D eigenvalue weighted by Crippen LogP contribution is -2.28. The van der Waals surface area contributed by atoms with E-state index in [1.54, 1.807) is 0 Å². The van der Waals surface area contributed by atoms with Crippen molar-refractivity contribution in [3.05, 3.63) is 70.0 Å². The molecule has 0 saturated carbocycles. The quantitative estimate of drug-likeness (QED) is 0.836. The number of esters is 1. The summed E-state index contributed by atoms with van der Waals surface area (Å²) in [6, 6.07) is 6.07. The van der Waals surface area contributed by atoms with E-state index in [4.69, 9.17) is 16.3 Å². The Kier molecular flexibility index (Phi) is 5.81. The van der Waals surface area contributed by atoms with Gasteiger partial charge in [-0.25, -0.2) is 18.0 Å². The lowest BCUT2D eigenvalue weighted by molar-refractivity contribution is -0.124. The van der Waals surface area contributed by atoms with Crippen LogP contribution in [0.15, 0.2) is 36.4 Å². The first-order chi connectivity index (χ1) is 11.4. The number of ether oxygens (including phenoxy) is 1. The van der Waals surface area contributed by atoms with Crippen LogP contribution >= 0.6 is 11.6 Å². The van der Waals surface area contributed by atoms with Crippen LogP contribution in [0.2, 0.25) is 5.02 Å².